The van der Waals surface area contributed by atoms with Crippen molar-refractivity contribution in [1.29, 1.82) is 0 Å². The number of carbonyl (C=O) groups is 9. The number of thiol groups is 1. The molecule has 56 heavy (non-hydrogen) atoms. The van der Waals surface area contributed by atoms with Crippen molar-refractivity contribution in [2.75, 3.05) is 23.0 Å². The molecule has 2 aromatic rings. The van der Waals surface area contributed by atoms with Crippen molar-refractivity contribution < 1.29 is 56.7 Å². The SMILES string of the molecule is CCCC(=O)C(CSC(=O)C(CSC(=O)c1cc(-c2ccc(F)cc2F)ccc1OC(=O)C(CSC(=O)C(CS)NC(C)=O)NC(C)=O)NC(C)=O)NC(C)=O. The van der Waals surface area contributed by atoms with Crippen molar-refractivity contribution in [3.63, 3.8) is 0 Å². The number of Topliss-reactive ketones (excluding diaryl/α,β-unsaturated/α-hetero) is 1. The Morgan fingerprint density at radius 1 is 0.679 bits per heavy atom. The zero-order valence-electron chi connectivity index (χ0n) is 31.0. The highest BCUT2D eigenvalue weighted by molar-refractivity contribution is 8.15. The quantitative estimate of drug-likeness (QED) is 0.0737. The van der Waals surface area contributed by atoms with Gasteiger partial charge in [0, 0.05) is 68.8 Å². The van der Waals surface area contributed by atoms with Crippen molar-refractivity contribution in [3.05, 3.63) is 53.6 Å². The molecule has 0 aromatic heterocycles. The van der Waals surface area contributed by atoms with Gasteiger partial charge in [-0.2, -0.15) is 12.6 Å². The number of hydrogen-bond donors (Lipinski definition) is 5. The molecule has 0 radical (unpaired) electrons. The van der Waals surface area contributed by atoms with E-state index in [1.54, 1.807) is 6.92 Å². The van der Waals surface area contributed by atoms with E-state index in [9.17, 15) is 51.9 Å². The zero-order chi connectivity index (χ0) is 42.1. The molecule has 0 saturated heterocycles. The predicted octanol–water partition coefficient (Wildman–Crippen LogP) is 3.25. The van der Waals surface area contributed by atoms with Crippen LogP contribution in [-0.2, 0) is 38.4 Å². The fourth-order valence-corrected chi connectivity index (χ4v) is 7.94. The Morgan fingerprint density at radius 2 is 1.20 bits per heavy atom. The molecule has 14 nitrogen and oxygen atoms in total. The summed E-state index contributed by atoms with van der Waals surface area (Å²) in [6.45, 7) is 6.48. The second-order valence-corrected chi connectivity index (χ2v) is 15.4. The average Bonchev–Trinajstić information content (AvgIpc) is 3.11. The highest BCUT2D eigenvalue weighted by atomic mass is 32.2. The smallest absolute Gasteiger partial charge is 0.334 e. The van der Waals surface area contributed by atoms with E-state index >= 15 is 0 Å². The van der Waals surface area contributed by atoms with Gasteiger partial charge in [-0.05, 0) is 36.2 Å². The first-order valence-electron chi connectivity index (χ1n) is 16.9. The van der Waals surface area contributed by atoms with Crippen molar-refractivity contribution in [3.8, 4) is 16.9 Å². The van der Waals surface area contributed by atoms with E-state index in [4.69, 9.17) is 4.74 Å². The number of halogens is 2. The Balaban J connectivity index is 2.43. The van der Waals surface area contributed by atoms with Gasteiger partial charge in [0.2, 0.25) is 39.0 Å². The van der Waals surface area contributed by atoms with Crippen LogP contribution in [0, 0.1) is 11.6 Å². The molecule has 4 N–H and O–H groups in total. The molecule has 0 spiro atoms. The normalized spacial score (nSPS) is 12.9. The van der Waals surface area contributed by atoms with Crippen LogP contribution in [0.25, 0.3) is 11.1 Å². The number of amides is 4. The van der Waals surface area contributed by atoms with Crippen LogP contribution in [0.2, 0.25) is 0 Å². The van der Waals surface area contributed by atoms with Gasteiger partial charge in [-0.15, -0.1) is 0 Å². The first kappa shape index (κ1) is 47.9. The van der Waals surface area contributed by atoms with E-state index in [-0.39, 0.29) is 57.7 Å². The molecule has 0 aliphatic heterocycles. The summed E-state index contributed by atoms with van der Waals surface area (Å²) in [5, 5.41) is 7.76. The number of esters is 1. The van der Waals surface area contributed by atoms with Gasteiger partial charge in [-0.25, -0.2) is 13.6 Å². The number of benzene rings is 2. The van der Waals surface area contributed by atoms with Crippen molar-refractivity contribution in [1.82, 2.24) is 21.3 Å². The third kappa shape index (κ3) is 16.1. The van der Waals surface area contributed by atoms with Crippen LogP contribution in [-0.4, -0.2) is 97.9 Å². The molecular formula is C36H42F2N4O10S4. The summed E-state index contributed by atoms with van der Waals surface area (Å²) in [6.07, 6.45) is 0.668. The van der Waals surface area contributed by atoms with Gasteiger partial charge in [0.1, 0.15) is 35.5 Å². The minimum Gasteiger partial charge on any atom is -0.424 e. The maximum absolute atomic E-state index is 14.8. The molecule has 4 unspecified atom stereocenters. The molecule has 2 rings (SSSR count). The highest BCUT2D eigenvalue weighted by Crippen LogP contribution is 2.32. The summed E-state index contributed by atoms with van der Waals surface area (Å²) in [6, 6.07) is 1.72. The Labute approximate surface area is 340 Å². The highest BCUT2D eigenvalue weighted by Gasteiger charge is 2.30. The number of rotatable bonds is 20. The number of hydrogen-bond acceptors (Lipinski definition) is 14. The van der Waals surface area contributed by atoms with Gasteiger partial charge in [0.25, 0.3) is 0 Å². The Hall–Kier alpha value is -4.27. The van der Waals surface area contributed by atoms with Gasteiger partial charge >= 0.3 is 5.97 Å². The van der Waals surface area contributed by atoms with Gasteiger partial charge in [0.15, 0.2) is 5.78 Å². The number of ether oxygens (including phenoxy) is 1. The summed E-state index contributed by atoms with van der Waals surface area (Å²) < 4.78 is 34.1. The minimum atomic E-state index is -1.44. The Bertz CT molecular complexity index is 1830. The lowest BCUT2D eigenvalue weighted by Crippen LogP contribution is -2.45. The molecule has 0 saturated carbocycles. The third-order valence-corrected chi connectivity index (χ3v) is 10.7. The summed E-state index contributed by atoms with van der Waals surface area (Å²) in [5.41, 5.74) is -0.345. The molecule has 20 heteroatoms. The maximum atomic E-state index is 14.8. The summed E-state index contributed by atoms with van der Waals surface area (Å²) >= 11 is 5.88. The molecule has 0 heterocycles. The van der Waals surface area contributed by atoms with Crippen LogP contribution in [0.3, 0.4) is 0 Å². The van der Waals surface area contributed by atoms with Crippen LogP contribution in [0.15, 0.2) is 36.4 Å². The average molecular weight is 857 g/mol. The van der Waals surface area contributed by atoms with Gasteiger partial charge in [0.05, 0.1) is 11.6 Å². The Morgan fingerprint density at radius 3 is 1.75 bits per heavy atom. The summed E-state index contributed by atoms with van der Waals surface area (Å²) in [7, 11) is 0. The molecule has 0 fully saturated rings. The van der Waals surface area contributed by atoms with Gasteiger partial charge in [-0.1, -0.05) is 48.3 Å². The summed E-state index contributed by atoms with van der Waals surface area (Å²) in [4.78, 5) is 113. The third-order valence-electron chi connectivity index (χ3n) is 7.25. The molecule has 4 atom stereocenters. The van der Waals surface area contributed by atoms with Crippen molar-refractivity contribution >= 4 is 98.6 Å². The molecule has 0 bridgehead atoms. The zero-order valence-corrected chi connectivity index (χ0v) is 34.4. The lowest BCUT2D eigenvalue weighted by Gasteiger charge is -2.20. The van der Waals surface area contributed by atoms with E-state index < -0.39 is 80.7 Å². The number of ketones is 1. The molecule has 2 aromatic carbocycles. The van der Waals surface area contributed by atoms with E-state index in [1.807, 2.05) is 0 Å². The van der Waals surface area contributed by atoms with Crippen LogP contribution < -0.4 is 26.0 Å². The van der Waals surface area contributed by atoms with Crippen LogP contribution in [0.1, 0.15) is 57.8 Å². The Kier molecular flexibility index (Phi) is 20.3. The number of thioether (sulfide) groups is 3. The lowest BCUT2D eigenvalue weighted by atomic mass is 10.0. The van der Waals surface area contributed by atoms with Crippen LogP contribution >= 0.6 is 47.9 Å². The first-order valence-corrected chi connectivity index (χ1v) is 20.5. The van der Waals surface area contributed by atoms with Crippen molar-refractivity contribution in [2.24, 2.45) is 0 Å². The molecule has 304 valence electrons. The maximum Gasteiger partial charge on any atom is 0.334 e. The topological polar surface area (TPSA) is 211 Å². The lowest BCUT2D eigenvalue weighted by molar-refractivity contribution is -0.138. The monoisotopic (exact) mass is 856 g/mol. The first-order chi connectivity index (χ1) is 26.4. The minimum absolute atomic E-state index is 0.0475. The second kappa shape index (κ2) is 23.7. The van der Waals surface area contributed by atoms with E-state index in [0.717, 1.165) is 26.0 Å². The predicted molar refractivity (Wildman–Crippen MR) is 213 cm³/mol. The fraction of sp³-hybridized carbons (Fsp3) is 0.417. The molecule has 4 amide bonds. The van der Waals surface area contributed by atoms with E-state index in [1.165, 1.54) is 32.0 Å². The largest absolute Gasteiger partial charge is 0.424 e. The van der Waals surface area contributed by atoms with Crippen molar-refractivity contribution in [2.45, 2.75) is 71.6 Å². The van der Waals surface area contributed by atoms with Gasteiger partial charge in [-0.3, -0.25) is 38.4 Å². The molecule has 0 aliphatic carbocycles. The standard InChI is InChI=1S/C36H42F2N4O10S4/c1-6-7-31(47)28(40-19(3)44)15-55-36(51)30(42-21(5)46)17-54-34(49)25-12-22(24-10-9-23(37)13-26(24)38)8-11-32(25)52-33(48)29(41-20(4)45)16-56-35(50)27(14-53)39-18(2)43/h8-13,27-30,53H,6-7,14-17H2,1-5H3,(H,39,43)(H,40,44)(H,41,45)(H,42,46). The van der Waals surface area contributed by atoms with E-state index in [0.29, 0.717) is 47.8 Å². The van der Waals surface area contributed by atoms with E-state index in [2.05, 4.69) is 33.9 Å². The molecule has 0 aliphatic rings. The number of nitrogens with one attached hydrogen (secondary N) is 4. The van der Waals surface area contributed by atoms with Crippen LogP contribution in [0.4, 0.5) is 8.78 Å². The second-order valence-electron chi connectivity index (χ2n) is 12.0. The fourth-order valence-electron chi connectivity index (χ4n) is 4.75. The van der Waals surface area contributed by atoms with Gasteiger partial charge < -0.3 is 26.0 Å². The molecular weight excluding hydrogens is 815 g/mol. The van der Waals surface area contributed by atoms with Crippen LogP contribution in [0.5, 0.6) is 5.75 Å². The number of carbonyl (C=O) groups excluding carboxylic acids is 9. The summed E-state index contributed by atoms with van der Waals surface area (Å²) in [5.74, 6) is -6.70.